The molecule has 2 aromatic heterocycles. The normalized spacial score (nSPS) is 11.5. The second-order valence-corrected chi connectivity index (χ2v) is 13.8. The summed E-state index contributed by atoms with van der Waals surface area (Å²) in [5, 5.41) is 4.80. The van der Waals surface area contributed by atoms with E-state index in [0.29, 0.717) is 5.89 Å². The van der Waals surface area contributed by atoms with Crippen LogP contribution in [0, 0.1) is 0 Å². The fourth-order valence-electron chi connectivity index (χ4n) is 7.23. The lowest BCUT2D eigenvalue weighted by Crippen LogP contribution is -2.10. The highest BCUT2D eigenvalue weighted by Gasteiger charge is 2.21. The number of hydrogen-bond acceptors (Lipinski definition) is 4. The van der Waals surface area contributed by atoms with Crippen LogP contribution in [0.1, 0.15) is 0 Å². The Balaban J connectivity index is 1.19. The van der Waals surface area contributed by atoms with Gasteiger partial charge in [0, 0.05) is 32.4 Å². The molecule has 0 saturated heterocycles. The molecule has 2 heterocycles. The molecule has 0 aliphatic carbocycles. The van der Waals surface area contributed by atoms with Crippen LogP contribution in [-0.2, 0) is 0 Å². The molecule has 0 unspecified atom stereocenters. The maximum atomic E-state index is 6.32. The van der Waals surface area contributed by atoms with Crippen LogP contribution in [0.25, 0.3) is 75.8 Å². The number of thiophene rings is 1. The molecule has 0 aliphatic rings. The third-order valence-electron chi connectivity index (χ3n) is 9.67. The molecule has 0 radical (unpaired) electrons. The van der Waals surface area contributed by atoms with Crippen LogP contribution in [0.5, 0.6) is 0 Å². The Morgan fingerprint density at radius 1 is 0.471 bits per heavy atom. The summed E-state index contributed by atoms with van der Waals surface area (Å²) in [5.41, 5.74) is 10.8. The number of oxazole rings is 1. The van der Waals surface area contributed by atoms with Gasteiger partial charge in [0.25, 0.3) is 0 Å². The van der Waals surface area contributed by atoms with Gasteiger partial charge in [-0.2, -0.15) is 0 Å². The Bertz CT molecular complexity index is 2840. The summed E-state index contributed by atoms with van der Waals surface area (Å²) >= 11 is 1.81. The minimum Gasteiger partial charge on any atom is -0.436 e. The minimum absolute atomic E-state index is 0.642. The maximum Gasteiger partial charge on any atom is 0.227 e. The zero-order chi connectivity index (χ0) is 33.7. The first kappa shape index (κ1) is 29.4. The third-order valence-corrected chi connectivity index (χ3v) is 10.9. The van der Waals surface area contributed by atoms with Crippen molar-refractivity contribution in [2.45, 2.75) is 0 Å². The average molecular weight is 671 g/mol. The molecule has 0 N–H and O–H groups in total. The van der Waals surface area contributed by atoms with Gasteiger partial charge in [0.2, 0.25) is 5.89 Å². The lowest BCUT2D eigenvalue weighted by atomic mass is 9.96. The lowest BCUT2D eigenvalue weighted by molar-refractivity contribution is 0.620. The summed E-state index contributed by atoms with van der Waals surface area (Å²) in [6, 6.07) is 64.6. The summed E-state index contributed by atoms with van der Waals surface area (Å²) in [4.78, 5) is 7.30. The molecule has 0 amide bonds. The van der Waals surface area contributed by atoms with Crippen molar-refractivity contribution in [3.8, 4) is 33.7 Å². The van der Waals surface area contributed by atoms with Gasteiger partial charge in [-0.3, -0.25) is 0 Å². The Morgan fingerprint density at radius 3 is 1.88 bits per heavy atom. The highest BCUT2D eigenvalue weighted by Crippen LogP contribution is 2.47. The summed E-state index contributed by atoms with van der Waals surface area (Å²) in [6.45, 7) is 0. The minimum atomic E-state index is 0.642. The van der Waals surface area contributed by atoms with E-state index in [1.807, 2.05) is 30.3 Å². The molecule has 3 nitrogen and oxygen atoms in total. The van der Waals surface area contributed by atoms with Crippen LogP contribution < -0.4 is 4.90 Å². The Kier molecular flexibility index (Phi) is 7.00. The zero-order valence-corrected chi connectivity index (χ0v) is 28.3. The topological polar surface area (TPSA) is 29.3 Å². The van der Waals surface area contributed by atoms with E-state index in [2.05, 4.69) is 157 Å². The number of aromatic nitrogens is 1. The molecule has 0 bridgehead atoms. The van der Waals surface area contributed by atoms with E-state index in [1.54, 1.807) is 11.3 Å². The molecule has 0 saturated carbocycles. The van der Waals surface area contributed by atoms with Crippen LogP contribution >= 0.6 is 11.3 Å². The van der Waals surface area contributed by atoms with Gasteiger partial charge < -0.3 is 9.32 Å². The van der Waals surface area contributed by atoms with E-state index < -0.39 is 0 Å². The number of anilines is 3. The van der Waals surface area contributed by atoms with Gasteiger partial charge in [0.15, 0.2) is 5.58 Å². The fourth-order valence-corrected chi connectivity index (χ4v) is 8.45. The van der Waals surface area contributed by atoms with Crippen molar-refractivity contribution >= 4 is 70.4 Å². The predicted molar refractivity (Wildman–Crippen MR) is 215 cm³/mol. The number of nitrogens with zero attached hydrogens (tertiary/aromatic N) is 2. The van der Waals surface area contributed by atoms with Crippen LogP contribution in [0.15, 0.2) is 186 Å². The number of fused-ring (bicyclic) bond motifs is 5. The Hall–Kier alpha value is -6.49. The predicted octanol–water partition coefficient (Wildman–Crippen LogP) is 13.8. The molecule has 10 rings (SSSR count). The van der Waals surface area contributed by atoms with Gasteiger partial charge in [-0.05, 0) is 87.6 Å². The Labute approximate surface area is 299 Å². The first-order chi connectivity index (χ1) is 25.3. The molecule has 0 spiro atoms. The number of benzene rings is 8. The number of hydrogen-bond donors (Lipinski definition) is 0. The highest BCUT2D eigenvalue weighted by atomic mass is 32.1. The summed E-state index contributed by atoms with van der Waals surface area (Å²) in [7, 11) is 0. The van der Waals surface area contributed by atoms with E-state index in [4.69, 9.17) is 9.40 Å². The van der Waals surface area contributed by atoms with E-state index in [9.17, 15) is 0 Å². The van der Waals surface area contributed by atoms with Gasteiger partial charge in [-0.15, -0.1) is 11.3 Å². The fraction of sp³-hybridized carbons (Fsp3) is 0. The summed E-state index contributed by atoms with van der Waals surface area (Å²) in [6.07, 6.45) is 0. The van der Waals surface area contributed by atoms with Crippen molar-refractivity contribution in [2.24, 2.45) is 0 Å². The molecular formula is C47H30N2OS. The van der Waals surface area contributed by atoms with Gasteiger partial charge in [-0.1, -0.05) is 127 Å². The largest absolute Gasteiger partial charge is 0.436 e. The molecule has 0 aliphatic heterocycles. The maximum absolute atomic E-state index is 6.32. The molecule has 51 heavy (non-hydrogen) atoms. The van der Waals surface area contributed by atoms with E-state index in [0.717, 1.165) is 33.7 Å². The first-order valence-electron chi connectivity index (χ1n) is 17.1. The van der Waals surface area contributed by atoms with Crippen LogP contribution in [0.2, 0.25) is 0 Å². The molecule has 4 heteroatoms. The van der Waals surface area contributed by atoms with Crippen molar-refractivity contribution in [3.63, 3.8) is 0 Å². The highest BCUT2D eigenvalue weighted by molar-refractivity contribution is 7.26. The van der Waals surface area contributed by atoms with E-state index >= 15 is 0 Å². The van der Waals surface area contributed by atoms with Crippen molar-refractivity contribution in [3.05, 3.63) is 182 Å². The van der Waals surface area contributed by atoms with Crippen molar-refractivity contribution in [1.82, 2.24) is 4.98 Å². The quantitative estimate of drug-likeness (QED) is 0.176. The number of rotatable bonds is 6. The second kappa shape index (κ2) is 12.1. The molecule has 10 aromatic rings. The van der Waals surface area contributed by atoms with Gasteiger partial charge >= 0.3 is 0 Å². The van der Waals surface area contributed by atoms with E-state index in [-0.39, 0.29) is 0 Å². The average Bonchev–Trinajstić information content (AvgIpc) is 3.79. The first-order valence-corrected chi connectivity index (χ1v) is 17.9. The van der Waals surface area contributed by atoms with Crippen LogP contribution in [-0.4, -0.2) is 4.98 Å². The molecule has 0 fully saturated rings. The third kappa shape index (κ3) is 5.16. The summed E-state index contributed by atoms with van der Waals surface area (Å²) < 4.78 is 8.72. The monoisotopic (exact) mass is 670 g/mol. The van der Waals surface area contributed by atoms with Crippen molar-refractivity contribution in [1.29, 1.82) is 0 Å². The molecule has 8 aromatic carbocycles. The summed E-state index contributed by atoms with van der Waals surface area (Å²) in [5.74, 6) is 0.642. The lowest BCUT2D eigenvalue weighted by Gasteiger charge is -2.27. The smallest absolute Gasteiger partial charge is 0.227 e. The van der Waals surface area contributed by atoms with Crippen LogP contribution in [0.3, 0.4) is 0 Å². The second-order valence-electron chi connectivity index (χ2n) is 12.8. The molecule has 0 atom stereocenters. The standard InChI is InChI=1S/C47H30N2OS/c1-4-13-31(14-5-1)32-23-25-36(26-24-32)49(37-27-35-19-10-11-20-38(35)40(28-37)33-15-6-2-7-16-33)43-22-12-21-39-41-29-44-42(30-45(41)51-46(39)43)48-47(50-44)34-17-8-3-9-18-34/h1-30H. The van der Waals surface area contributed by atoms with Gasteiger partial charge in [0.1, 0.15) is 5.52 Å². The van der Waals surface area contributed by atoms with Crippen LogP contribution in [0.4, 0.5) is 17.1 Å². The molecule has 240 valence electrons. The van der Waals surface area contributed by atoms with Crippen molar-refractivity contribution in [2.75, 3.05) is 4.90 Å². The van der Waals surface area contributed by atoms with Gasteiger partial charge in [-0.25, -0.2) is 4.98 Å². The van der Waals surface area contributed by atoms with E-state index in [1.165, 1.54) is 53.2 Å². The van der Waals surface area contributed by atoms with Gasteiger partial charge in [0.05, 0.1) is 10.4 Å². The Morgan fingerprint density at radius 2 is 1.12 bits per heavy atom. The molecular weight excluding hydrogens is 641 g/mol. The van der Waals surface area contributed by atoms with Crippen molar-refractivity contribution < 1.29 is 4.42 Å². The SMILES string of the molecule is c1ccc(-c2ccc(N(c3cc(-c4ccccc4)c4ccccc4c3)c3cccc4c3sc3cc5nc(-c6ccccc6)oc5cc34)cc2)cc1. The zero-order valence-electron chi connectivity index (χ0n) is 27.5.